The first kappa shape index (κ1) is 20.7. The predicted octanol–water partition coefficient (Wildman–Crippen LogP) is 3.71. The lowest BCUT2D eigenvalue weighted by molar-refractivity contribution is -0.117. The number of hydrogen-bond donors (Lipinski definition) is 2. The fraction of sp³-hybridized carbons (Fsp3) is 0.304. The number of rotatable bonds is 7. The zero-order valence-electron chi connectivity index (χ0n) is 17.7. The number of likely N-dealkylation sites (tertiary alicyclic amines) is 1. The molecule has 0 saturated carbocycles. The molecule has 2 aromatic heterocycles. The largest absolute Gasteiger partial charge is 0.497 e. The molecule has 1 aliphatic rings. The summed E-state index contributed by atoms with van der Waals surface area (Å²) in [5, 5.41) is 6.25. The Bertz CT molecular complexity index is 1030. The van der Waals surface area contributed by atoms with Gasteiger partial charge in [0.2, 0.25) is 5.91 Å². The molecule has 1 fully saturated rings. The number of aromatic nitrogens is 3. The summed E-state index contributed by atoms with van der Waals surface area (Å²) in [7, 11) is 1.62. The monoisotopic (exact) mass is 418 g/mol. The highest BCUT2D eigenvalue weighted by atomic mass is 16.5. The number of pyridine rings is 1. The minimum atomic E-state index is -0.0392. The van der Waals surface area contributed by atoms with Crippen molar-refractivity contribution < 1.29 is 9.53 Å². The first-order chi connectivity index (χ1) is 15.1. The van der Waals surface area contributed by atoms with Crippen molar-refractivity contribution in [3.05, 3.63) is 66.4 Å². The van der Waals surface area contributed by atoms with Crippen LogP contribution in [0.3, 0.4) is 0 Å². The van der Waals surface area contributed by atoms with Crippen LogP contribution in [0, 0.1) is 6.92 Å². The highest BCUT2D eigenvalue weighted by Gasteiger charge is 2.29. The summed E-state index contributed by atoms with van der Waals surface area (Å²) in [4.78, 5) is 27.9. The molecule has 0 aliphatic carbocycles. The average molecular weight is 419 g/mol. The van der Waals surface area contributed by atoms with Gasteiger partial charge in [-0.25, -0.2) is 4.98 Å². The van der Waals surface area contributed by atoms with Crippen LogP contribution >= 0.6 is 0 Å². The maximum atomic E-state index is 12.6. The Labute approximate surface area is 181 Å². The minimum absolute atomic E-state index is 0.0392. The van der Waals surface area contributed by atoms with Crippen LogP contribution in [0.4, 0.5) is 17.2 Å². The van der Waals surface area contributed by atoms with E-state index >= 15 is 0 Å². The molecule has 0 radical (unpaired) electrons. The van der Waals surface area contributed by atoms with E-state index in [1.54, 1.807) is 25.7 Å². The van der Waals surface area contributed by atoms with Gasteiger partial charge in [0.1, 0.15) is 11.6 Å². The quantitative estimate of drug-likeness (QED) is 0.604. The van der Waals surface area contributed by atoms with Crippen LogP contribution in [0.25, 0.3) is 0 Å². The standard InChI is InChI=1S/C23H26N6O2/c1-16-12-18(27-22-14-24-9-10-25-22)13-20(26-16)21-4-3-11-29(21)15-23(30)28-17-5-7-19(31-2)8-6-17/h5-10,12-14,21H,3-4,11,15H2,1-2H3,(H,28,30)(H,25,26,27)/t21-/m1/s1. The number of anilines is 3. The second-order valence-corrected chi connectivity index (χ2v) is 7.54. The van der Waals surface area contributed by atoms with Crippen molar-refractivity contribution in [2.75, 3.05) is 30.8 Å². The Morgan fingerprint density at radius 1 is 1.19 bits per heavy atom. The Morgan fingerprint density at radius 3 is 2.77 bits per heavy atom. The number of aryl methyl sites for hydroxylation is 1. The van der Waals surface area contributed by atoms with Gasteiger partial charge in [0.05, 0.1) is 31.6 Å². The number of nitrogens with zero attached hydrogens (tertiary/aromatic N) is 4. The van der Waals surface area contributed by atoms with Crippen molar-refractivity contribution in [3.63, 3.8) is 0 Å². The second-order valence-electron chi connectivity index (χ2n) is 7.54. The maximum Gasteiger partial charge on any atom is 0.238 e. The van der Waals surface area contributed by atoms with E-state index in [9.17, 15) is 4.79 Å². The molecule has 8 heteroatoms. The molecular weight excluding hydrogens is 392 g/mol. The van der Waals surface area contributed by atoms with Gasteiger partial charge >= 0.3 is 0 Å². The summed E-state index contributed by atoms with van der Waals surface area (Å²) >= 11 is 0. The van der Waals surface area contributed by atoms with Crippen LogP contribution in [-0.4, -0.2) is 46.0 Å². The molecule has 1 amide bonds. The van der Waals surface area contributed by atoms with E-state index in [4.69, 9.17) is 9.72 Å². The van der Waals surface area contributed by atoms with Crippen LogP contribution in [-0.2, 0) is 4.79 Å². The average Bonchev–Trinajstić information content (AvgIpc) is 3.22. The number of carbonyl (C=O) groups excluding carboxylic acids is 1. The topological polar surface area (TPSA) is 92.3 Å². The van der Waals surface area contributed by atoms with Gasteiger partial charge in [-0.1, -0.05) is 0 Å². The van der Waals surface area contributed by atoms with Gasteiger partial charge in [-0.3, -0.25) is 19.7 Å². The fourth-order valence-electron chi connectivity index (χ4n) is 3.86. The number of methoxy groups -OCH3 is 1. The molecule has 4 rings (SSSR count). The van der Waals surface area contributed by atoms with E-state index in [-0.39, 0.29) is 11.9 Å². The first-order valence-electron chi connectivity index (χ1n) is 10.3. The molecule has 3 heterocycles. The predicted molar refractivity (Wildman–Crippen MR) is 119 cm³/mol. The lowest BCUT2D eigenvalue weighted by atomic mass is 10.1. The van der Waals surface area contributed by atoms with Crippen molar-refractivity contribution in [1.29, 1.82) is 0 Å². The Kier molecular flexibility index (Phi) is 6.37. The molecule has 8 nitrogen and oxygen atoms in total. The van der Waals surface area contributed by atoms with Gasteiger partial charge in [0, 0.05) is 29.5 Å². The number of hydrogen-bond acceptors (Lipinski definition) is 7. The summed E-state index contributed by atoms with van der Waals surface area (Å²) < 4.78 is 5.16. The summed E-state index contributed by atoms with van der Waals surface area (Å²) in [5.74, 6) is 1.40. The first-order valence-corrected chi connectivity index (χ1v) is 10.3. The molecule has 1 atom stereocenters. The van der Waals surface area contributed by atoms with Crippen molar-refractivity contribution >= 4 is 23.1 Å². The number of benzene rings is 1. The number of amides is 1. The Morgan fingerprint density at radius 2 is 2.03 bits per heavy atom. The van der Waals surface area contributed by atoms with Gasteiger partial charge in [-0.05, 0) is 62.7 Å². The third-order valence-electron chi connectivity index (χ3n) is 5.23. The van der Waals surface area contributed by atoms with Crippen LogP contribution in [0.15, 0.2) is 55.0 Å². The van der Waals surface area contributed by atoms with Crippen molar-refractivity contribution in [3.8, 4) is 5.75 Å². The van der Waals surface area contributed by atoms with E-state index in [0.717, 1.165) is 47.9 Å². The highest BCUT2D eigenvalue weighted by molar-refractivity contribution is 5.92. The summed E-state index contributed by atoms with van der Waals surface area (Å²) in [5.41, 5.74) is 3.54. The molecule has 3 aromatic rings. The van der Waals surface area contributed by atoms with Crippen molar-refractivity contribution in [2.24, 2.45) is 0 Å². The van der Waals surface area contributed by atoms with Crippen molar-refractivity contribution in [1.82, 2.24) is 19.9 Å². The fourth-order valence-corrected chi connectivity index (χ4v) is 3.86. The van der Waals surface area contributed by atoms with Crippen LogP contribution in [0.2, 0.25) is 0 Å². The van der Waals surface area contributed by atoms with Crippen molar-refractivity contribution in [2.45, 2.75) is 25.8 Å². The minimum Gasteiger partial charge on any atom is -0.497 e. The molecule has 1 aliphatic heterocycles. The SMILES string of the molecule is COc1ccc(NC(=O)CN2CCC[C@@H]2c2cc(Nc3cnccn3)cc(C)n2)cc1. The Hall–Kier alpha value is -3.52. The van der Waals surface area contributed by atoms with E-state index in [1.165, 1.54) is 0 Å². The van der Waals surface area contributed by atoms with E-state index in [0.29, 0.717) is 12.4 Å². The third kappa shape index (κ3) is 5.35. The molecule has 1 saturated heterocycles. The van der Waals surface area contributed by atoms with E-state index in [2.05, 4.69) is 25.5 Å². The van der Waals surface area contributed by atoms with Crippen LogP contribution in [0.1, 0.15) is 30.3 Å². The van der Waals surface area contributed by atoms with Crippen LogP contribution in [0.5, 0.6) is 5.75 Å². The number of ether oxygens (including phenoxy) is 1. The molecule has 0 unspecified atom stereocenters. The number of nitrogens with one attached hydrogen (secondary N) is 2. The van der Waals surface area contributed by atoms with Gasteiger partial charge < -0.3 is 15.4 Å². The lowest BCUT2D eigenvalue weighted by Gasteiger charge is -2.24. The summed E-state index contributed by atoms with van der Waals surface area (Å²) in [6, 6.07) is 11.5. The molecule has 31 heavy (non-hydrogen) atoms. The molecule has 0 spiro atoms. The highest BCUT2D eigenvalue weighted by Crippen LogP contribution is 2.32. The Balaban J connectivity index is 1.44. The zero-order valence-corrected chi connectivity index (χ0v) is 17.7. The van der Waals surface area contributed by atoms with Gasteiger partial charge in [-0.2, -0.15) is 0 Å². The molecule has 2 N–H and O–H groups in total. The van der Waals surface area contributed by atoms with Gasteiger partial charge in [0.25, 0.3) is 0 Å². The van der Waals surface area contributed by atoms with Crippen LogP contribution < -0.4 is 15.4 Å². The summed E-state index contributed by atoms with van der Waals surface area (Å²) in [6.45, 7) is 3.16. The normalized spacial score (nSPS) is 16.1. The molecule has 0 bridgehead atoms. The summed E-state index contributed by atoms with van der Waals surface area (Å²) in [6.07, 6.45) is 6.97. The van der Waals surface area contributed by atoms with E-state index in [1.807, 2.05) is 43.3 Å². The molecule has 160 valence electrons. The lowest BCUT2D eigenvalue weighted by Crippen LogP contribution is -2.33. The van der Waals surface area contributed by atoms with Gasteiger partial charge in [0.15, 0.2) is 0 Å². The smallest absolute Gasteiger partial charge is 0.238 e. The third-order valence-corrected chi connectivity index (χ3v) is 5.23. The second kappa shape index (κ2) is 9.53. The molecular formula is C23H26N6O2. The van der Waals surface area contributed by atoms with E-state index < -0.39 is 0 Å². The van der Waals surface area contributed by atoms with Gasteiger partial charge in [-0.15, -0.1) is 0 Å². The number of carbonyl (C=O) groups is 1. The molecule has 1 aromatic carbocycles. The zero-order chi connectivity index (χ0) is 21.6. The maximum absolute atomic E-state index is 12.6.